The van der Waals surface area contributed by atoms with Crippen LogP contribution < -0.4 is 10.1 Å². The van der Waals surface area contributed by atoms with Crippen LogP contribution in [0.2, 0.25) is 5.02 Å². The molecule has 2 aromatic rings. The second-order valence-electron chi connectivity index (χ2n) is 7.04. The third-order valence-electron chi connectivity index (χ3n) is 4.95. The maximum atomic E-state index is 12.3. The molecule has 1 N–H and O–H groups in total. The van der Waals surface area contributed by atoms with E-state index in [9.17, 15) is 4.79 Å². The standard InChI is InChI=1S/C21H26ClN3O2/c1-27-20-8-7-18(12-19(20)22)24-21(26)9-6-16-5-3-11-25(14-16)15-17-4-2-10-23-13-17/h2,4,7-8,10,12-13,16H,3,5-6,9,11,14-15H2,1H3,(H,24,26)/t16-/m1/s1. The van der Waals surface area contributed by atoms with Crippen molar-refractivity contribution in [3.05, 3.63) is 53.3 Å². The van der Waals surface area contributed by atoms with Gasteiger partial charge in [0.05, 0.1) is 12.1 Å². The smallest absolute Gasteiger partial charge is 0.224 e. The van der Waals surface area contributed by atoms with E-state index in [0.29, 0.717) is 28.8 Å². The van der Waals surface area contributed by atoms with Crippen molar-refractivity contribution in [2.24, 2.45) is 5.92 Å². The molecule has 1 aliphatic rings. The first kappa shape index (κ1) is 19.6. The summed E-state index contributed by atoms with van der Waals surface area (Å²) in [6.45, 7) is 3.08. The van der Waals surface area contributed by atoms with Crippen LogP contribution in [-0.2, 0) is 11.3 Å². The van der Waals surface area contributed by atoms with Crippen molar-refractivity contribution in [2.45, 2.75) is 32.2 Å². The monoisotopic (exact) mass is 387 g/mol. The van der Waals surface area contributed by atoms with Crippen LogP contribution in [0, 0.1) is 5.92 Å². The lowest BCUT2D eigenvalue weighted by atomic mass is 9.93. The number of nitrogens with one attached hydrogen (secondary N) is 1. The number of aromatic nitrogens is 1. The first-order valence-electron chi connectivity index (χ1n) is 9.38. The van der Waals surface area contributed by atoms with Crippen molar-refractivity contribution in [3.63, 3.8) is 0 Å². The van der Waals surface area contributed by atoms with Gasteiger partial charge in [0.2, 0.25) is 5.91 Å². The van der Waals surface area contributed by atoms with Crippen molar-refractivity contribution in [1.29, 1.82) is 0 Å². The van der Waals surface area contributed by atoms with E-state index in [1.807, 2.05) is 12.3 Å². The average molecular weight is 388 g/mol. The van der Waals surface area contributed by atoms with E-state index in [2.05, 4.69) is 21.3 Å². The number of hydrogen-bond donors (Lipinski definition) is 1. The van der Waals surface area contributed by atoms with Gasteiger partial charge < -0.3 is 10.1 Å². The predicted octanol–water partition coefficient (Wildman–Crippen LogP) is 4.37. The van der Waals surface area contributed by atoms with Crippen molar-refractivity contribution in [1.82, 2.24) is 9.88 Å². The Hall–Kier alpha value is -2.11. The highest BCUT2D eigenvalue weighted by atomic mass is 35.5. The number of carbonyl (C=O) groups is 1. The second kappa shape index (κ2) is 9.72. The molecule has 27 heavy (non-hydrogen) atoms. The molecule has 6 heteroatoms. The molecule has 1 aliphatic heterocycles. The minimum atomic E-state index is 0.0283. The molecule has 5 nitrogen and oxygen atoms in total. The van der Waals surface area contributed by atoms with Gasteiger partial charge in [-0.3, -0.25) is 14.7 Å². The quantitative estimate of drug-likeness (QED) is 0.766. The maximum absolute atomic E-state index is 12.3. The number of nitrogens with zero attached hydrogens (tertiary/aromatic N) is 2. The number of anilines is 1. The summed E-state index contributed by atoms with van der Waals surface area (Å²) in [6.07, 6.45) is 7.52. The van der Waals surface area contributed by atoms with Crippen LogP contribution in [-0.4, -0.2) is 36.0 Å². The van der Waals surface area contributed by atoms with Crippen LogP contribution >= 0.6 is 11.6 Å². The highest BCUT2D eigenvalue weighted by Crippen LogP contribution is 2.27. The lowest BCUT2D eigenvalue weighted by molar-refractivity contribution is -0.116. The van der Waals surface area contributed by atoms with Crippen LogP contribution in [0.15, 0.2) is 42.7 Å². The molecule has 0 aliphatic carbocycles. The van der Waals surface area contributed by atoms with Crippen LogP contribution in [0.4, 0.5) is 5.69 Å². The van der Waals surface area contributed by atoms with E-state index in [0.717, 1.165) is 26.1 Å². The number of likely N-dealkylation sites (tertiary alicyclic amines) is 1. The van der Waals surface area contributed by atoms with Gasteiger partial charge in [0, 0.05) is 37.6 Å². The highest BCUT2D eigenvalue weighted by molar-refractivity contribution is 6.32. The van der Waals surface area contributed by atoms with E-state index in [4.69, 9.17) is 16.3 Å². The highest BCUT2D eigenvalue weighted by Gasteiger charge is 2.20. The van der Waals surface area contributed by atoms with E-state index >= 15 is 0 Å². The molecule has 1 amide bonds. The van der Waals surface area contributed by atoms with Crippen LogP contribution in [0.3, 0.4) is 0 Å². The van der Waals surface area contributed by atoms with Crippen LogP contribution in [0.5, 0.6) is 5.75 Å². The van der Waals surface area contributed by atoms with Gasteiger partial charge in [-0.05, 0) is 61.6 Å². The summed E-state index contributed by atoms with van der Waals surface area (Å²) in [6, 6.07) is 9.37. The predicted molar refractivity (Wildman–Crippen MR) is 108 cm³/mol. The summed E-state index contributed by atoms with van der Waals surface area (Å²) in [5.74, 6) is 1.19. The van der Waals surface area contributed by atoms with Crippen LogP contribution in [0.25, 0.3) is 0 Å². The topological polar surface area (TPSA) is 54.5 Å². The number of carbonyl (C=O) groups excluding carboxylic acids is 1. The number of pyridine rings is 1. The molecule has 1 aromatic heterocycles. The molecule has 3 rings (SSSR count). The van der Waals surface area contributed by atoms with Crippen molar-refractivity contribution in [3.8, 4) is 5.75 Å². The Morgan fingerprint density at radius 1 is 1.41 bits per heavy atom. The zero-order chi connectivity index (χ0) is 19.1. The Kier molecular flexibility index (Phi) is 7.07. The number of piperidine rings is 1. The lowest BCUT2D eigenvalue weighted by Crippen LogP contribution is -2.35. The summed E-state index contributed by atoms with van der Waals surface area (Å²) in [7, 11) is 1.57. The average Bonchev–Trinajstić information content (AvgIpc) is 2.68. The molecular weight excluding hydrogens is 362 g/mol. The SMILES string of the molecule is COc1ccc(NC(=O)CC[C@H]2CCCN(Cc3cccnc3)C2)cc1Cl. The zero-order valence-electron chi connectivity index (χ0n) is 15.7. The van der Waals surface area contributed by atoms with Gasteiger partial charge in [0.15, 0.2) is 0 Å². The number of halogens is 1. The molecule has 0 saturated carbocycles. The molecule has 0 unspecified atom stereocenters. The van der Waals surface area contributed by atoms with Gasteiger partial charge in [0.25, 0.3) is 0 Å². The fourth-order valence-electron chi connectivity index (χ4n) is 3.58. The molecule has 1 atom stereocenters. The molecule has 0 radical (unpaired) electrons. The van der Waals surface area contributed by atoms with E-state index in [1.54, 1.807) is 31.5 Å². The number of ether oxygens (including phenoxy) is 1. The van der Waals surface area contributed by atoms with Crippen molar-refractivity contribution >= 4 is 23.2 Å². The summed E-state index contributed by atoms with van der Waals surface area (Å²) < 4.78 is 5.13. The minimum Gasteiger partial charge on any atom is -0.495 e. The second-order valence-corrected chi connectivity index (χ2v) is 7.45. The van der Waals surface area contributed by atoms with Crippen molar-refractivity contribution in [2.75, 3.05) is 25.5 Å². The molecule has 1 saturated heterocycles. The van der Waals surface area contributed by atoms with Gasteiger partial charge >= 0.3 is 0 Å². The largest absolute Gasteiger partial charge is 0.495 e. The number of benzene rings is 1. The van der Waals surface area contributed by atoms with Gasteiger partial charge in [0.1, 0.15) is 5.75 Å². The summed E-state index contributed by atoms with van der Waals surface area (Å²) >= 11 is 6.11. The first-order valence-corrected chi connectivity index (χ1v) is 9.76. The number of rotatable bonds is 7. The maximum Gasteiger partial charge on any atom is 0.224 e. The van der Waals surface area contributed by atoms with Gasteiger partial charge in [-0.25, -0.2) is 0 Å². The number of methoxy groups -OCH3 is 1. The number of amides is 1. The Morgan fingerprint density at radius 2 is 2.30 bits per heavy atom. The molecular formula is C21H26ClN3O2. The lowest BCUT2D eigenvalue weighted by Gasteiger charge is -2.32. The molecule has 1 fully saturated rings. The molecule has 2 heterocycles. The third-order valence-corrected chi connectivity index (χ3v) is 5.24. The first-order chi connectivity index (χ1) is 13.1. The number of hydrogen-bond acceptors (Lipinski definition) is 4. The molecule has 0 spiro atoms. The van der Waals surface area contributed by atoms with Gasteiger partial charge in [-0.15, -0.1) is 0 Å². The Balaban J connectivity index is 1.45. The van der Waals surface area contributed by atoms with Crippen molar-refractivity contribution < 1.29 is 9.53 Å². The normalized spacial score (nSPS) is 17.5. The zero-order valence-corrected chi connectivity index (χ0v) is 16.4. The van der Waals surface area contributed by atoms with E-state index in [1.165, 1.54) is 18.4 Å². The van der Waals surface area contributed by atoms with E-state index in [-0.39, 0.29) is 5.91 Å². The summed E-state index contributed by atoms with van der Waals surface area (Å²) in [4.78, 5) is 18.9. The summed E-state index contributed by atoms with van der Waals surface area (Å²) in [5.41, 5.74) is 1.94. The fraction of sp³-hybridized carbons (Fsp3) is 0.429. The Morgan fingerprint density at radius 3 is 3.04 bits per heavy atom. The Bertz CT molecular complexity index is 754. The van der Waals surface area contributed by atoms with Gasteiger partial charge in [-0.1, -0.05) is 17.7 Å². The third kappa shape index (κ3) is 5.94. The minimum absolute atomic E-state index is 0.0283. The molecule has 144 valence electrons. The molecule has 1 aromatic carbocycles. The molecule has 0 bridgehead atoms. The van der Waals surface area contributed by atoms with Crippen LogP contribution in [0.1, 0.15) is 31.2 Å². The van der Waals surface area contributed by atoms with Gasteiger partial charge in [-0.2, -0.15) is 0 Å². The Labute approximate surface area is 165 Å². The summed E-state index contributed by atoms with van der Waals surface area (Å²) in [5, 5.41) is 3.42. The van der Waals surface area contributed by atoms with E-state index < -0.39 is 0 Å². The fourth-order valence-corrected chi connectivity index (χ4v) is 3.84.